The fraction of sp³-hybridized carbons (Fsp3) is 0.0769. The quantitative estimate of drug-likeness (QED) is 0.759. The molecule has 0 fully saturated rings. The molecule has 5 nitrogen and oxygen atoms in total. The second-order valence-corrected chi connectivity index (χ2v) is 6.30. The minimum absolute atomic E-state index is 0.0247. The molecule has 2 aromatic rings. The van der Waals surface area contributed by atoms with Crippen molar-refractivity contribution in [2.24, 2.45) is 5.14 Å². The Labute approximate surface area is 122 Å². The number of nitrogen functional groups attached to an aromatic ring is 1. The molecule has 2 rings (SSSR count). The lowest BCUT2D eigenvalue weighted by Gasteiger charge is -2.13. The zero-order chi connectivity index (χ0) is 14.9. The smallest absolute Gasteiger partial charge is 0.238 e. The standard InChI is InChI=1S/C13H14ClN3O2S/c1-8-10(14)3-2-4-12(8)17-13-6-5-9(7-11(13)15)20(16,18)19/h2-7,17H,15H2,1H3,(H2,16,18,19). The van der Waals surface area contributed by atoms with Crippen molar-refractivity contribution in [2.75, 3.05) is 11.1 Å². The van der Waals surface area contributed by atoms with Gasteiger partial charge in [0.05, 0.1) is 16.3 Å². The van der Waals surface area contributed by atoms with Crippen LogP contribution in [0.3, 0.4) is 0 Å². The molecule has 0 saturated heterocycles. The van der Waals surface area contributed by atoms with Gasteiger partial charge in [0.25, 0.3) is 0 Å². The Morgan fingerprint density at radius 1 is 1.15 bits per heavy atom. The average molecular weight is 312 g/mol. The summed E-state index contributed by atoms with van der Waals surface area (Å²) in [6.45, 7) is 1.87. The van der Waals surface area contributed by atoms with E-state index in [2.05, 4.69) is 5.32 Å². The van der Waals surface area contributed by atoms with Crippen LogP contribution in [0.25, 0.3) is 0 Å². The predicted molar refractivity (Wildman–Crippen MR) is 81.7 cm³/mol. The van der Waals surface area contributed by atoms with Crippen molar-refractivity contribution < 1.29 is 8.42 Å². The van der Waals surface area contributed by atoms with Gasteiger partial charge in [0.2, 0.25) is 10.0 Å². The first-order chi connectivity index (χ1) is 9.29. The van der Waals surface area contributed by atoms with Crippen LogP contribution >= 0.6 is 11.6 Å². The number of anilines is 3. The van der Waals surface area contributed by atoms with Gasteiger partial charge >= 0.3 is 0 Å². The maximum Gasteiger partial charge on any atom is 0.238 e. The Hall–Kier alpha value is -1.76. The summed E-state index contributed by atoms with van der Waals surface area (Å²) >= 11 is 6.04. The van der Waals surface area contributed by atoms with Crippen LogP contribution < -0.4 is 16.2 Å². The number of sulfonamides is 1. The summed E-state index contributed by atoms with van der Waals surface area (Å²) in [5.41, 5.74) is 8.39. The maximum atomic E-state index is 11.2. The molecule has 20 heavy (non-hydrogen) atoms. The molecular formula is C13H14ClN3O2S. The second-order valence-electron chi connectivity index (χ2n) is 4.33. The Morgan fingerprint density at radius 2 is 1.85 bits per heavy atom. The van der Waals surface area contributed by atoms with Crippen LogP contribution in [0.15, 0.2) is 41.3 Å². The van der Waals surface area contributed by atoms with Crippen LogP contribution in [-0.2, 0) is 10.0 Å². The molecule has 0 heterocycles. The molecule has 0 amide bonds. The number of benzene rings is 2. The number of nitrogens with two attached hydrogens (primary N) is 2. The van der Waals surface area contributed by atoms with Gasteiger partial charge in [-0.2, -0.15) is 0 Å². The molecule has 0 unspecified atom stereocenters. The van der Waals surface area contributed by atoms with Gasteiger partial charge in [0, 0.05) is 10.7 Å². The molecule has 7 heteroatoms. The number of hydrogen-bond donors (Lipinski definition) is 3. The van der Waals surface area contributed by atoms with Crippen molar-refractivity contribution in [3.05, 3.63) is 47.0 Å². The van der Waals surface area contributed by atoms with Crippen LogP contribution in [0.4, 0.5) is 17.1 Å². The molecule has 106 valence electrons. The van der Waals surface area contributed by atoms with Crippen molar-refractivity contribution >= 4 is 38.7 Å². The lowest BCUT2D eigenvalue weighted by atomic mass is 10.2. The summed E-state index contributed by atoms with van der Waals surface area (Å²) in [6.07, 6.45) is 0. The fourth-order valence-electron chi connectivity index (χ4n) is 1.72. The van der Waals surface area contributed by atoms with E-state index in [4.69, 9.17) is 22.5 Å². The summed E-state index contributed by atoms with van der Waals surface area (Å²) < 4.78 is 22.5. The number of hydrogen-bond acceptors (Lipinski definition) is 4. The van der Waals surface area contributed by atoms with Gasteiger partial charge in [-0.1, -0.05) is 17.7 Å². The lowest BCUT2D eigenvalue weighted by Crippen LogP contribution is -2.12. The van der Waals surface area contributed by atoms with E-state index in [-0.39, 0.29) is 10.6 Å². The minimum Gasteiger partial charge on any atom is -0.397 e. The summed E-state index contributed by atoms with van der Waals surface area (Å²) in [7, 11) is -3.76. The second kappa shape index (κ2) is 5.32. The number of nitrogens with one attached hydrogen (secondary N) is 1. The van der Waals surface area contributed by atoms with Gasteiger partial charge in [0.1, 0.15) is 0 Å². The molecule has 0 atom stereocenters. The summed E-state index contributed by atoms with van der Waals surface area (Å²) in [5, 5.41) is 8.80. The van der Waals surface area contributed by atoms with Crippen molar-refractivity contribution in [3.8, 4) is 0 Å². The Bertz CT molecular complexity index is 760. The largest absolute Gasteiger partial charge is 0.397 e. The highest BCUT2D eigenvalue weighted by Crippen LogP contribution is 2.29. The first-order valence-corrected chi connectivity index (χ1v) is 7.66. The van der Waals surface area contributed by atoms with E-state index >= 15 is 0 Å². The summed E-state index contributed by atoms with van der Waals surface area (Å²) in [4.78, 5) is -0.0247. The average Bonchev–Trinajstić information content (AvgIpc) is 2.36. The van der Waals surface area contributed by atoms with E-state index in [9.17, 15) is 8.42 Å². The van der Waals surface area contributed by atoms with Crippen LogP contribution in [0.2, 0.25) is 5.02 Å². The lowest BCUT2D eigenvalue weighted by molar-refractivity contribution is 0.598. The molecule has 0 aromatic heterocycles. The van der Waals surface area contributed by atoms with E-state index in [0.29, 0.717) is 10.7 Å². The minimum atomic E-state index is -3.76. The van der Waals surface area contributed by atoms with Crippen molar-refractivity contribution in [2.45, 2.75) is 11.8 Å². The highest BCUT2D eigenvalue weighted by molar-refractivity contribution is 7.89. The highest BCUT2D eigenvalue weighted by atomic mass is 35.5. The SMILES string of the molecule is Cc1c(Cl)cccc1Nc1ccc(S(N)(=O)=O)cc1N. The topological polar surface area (TPSA) is 98.2 Å². The van der Waals surface area contributed by atoms with Crippen LogP contribution in [0, 0.1) is 6.92 Å². The zero-order valence-corrected chi connectivity index (χ0v) is 12.3. The molecule has 0 bridgehead atoms. The molecule has 0 spiro atoms. The van der Waals surface area contributed by atoms with Gasteiger partial charge in [-0.25, -0.2) is 13.6 Å². The molecule has 0 aliphatic carbocycles. The first-order valence-electron chi connectivity index (χ1n) is 5.73. The molecular weight excluding hydrogens is 298 g/mol. The summed E-state index contributed by atoms with van der Waals surface area (Å²) in [5.74, 6) is 0. The van der Waals surface area contributed by atoms with E-state index in [1.807, 2.05) is 19.1 Å². The fourth-order valence-corrected chi connectivity index (χ4v) is 2.44. The third kappa shape index (κ3) is 3.04. The number of primary sulfonamides is 1. The predicted octanol–water partition coefficient (Wildman–Crippen LogP) is 2.62. The molecule has 5 N–H and O–H groups in total. The van der Waals surface area contributed by atoms with Crippen LogP contribution in [0.5, 0.6) is 0 Å². The Kier molecular flexibility index (Phi) is 3.89. The van der Waals surface area contributed by atoms with Gasteiger partial charge in [-0.15, -0.1) is 0 Å². The molecule has 2 aromatic carbocycles. The van der Waals surface area contributed by atoms with E-state index < -0.39 is 10.0 Å². The van der Waals surface area contributed by atoms with E-state index in [1.165, 1.54) is 12.1 Å². The number of rotatable bonds is 3. The Morgan fingerprint density at radius 3 is 2.45 bits per heavy atom. The van der Waals surface area contributed by atoms with Gasteiger partial charge in [0.15, 0.2) is 0 Å². The first kappa shape index (κ1) is 14.6. The number of halogens is 1. The van der Waals surface area contributed by atoms with Gasteiger partial charge in [-0.3, -0.25) is 0 Å². The molecule has 0 radical (unpaired) electrons. The molecule has 0 aliphatic rings. The maximum absolute atomic E-state index is 11.2. The highest BCUT2D eigenvalue weighted by Gasteiger charge is 2.11. The normalized spacial score (nSPS) is 11.3. The van der Waals surface area contributed by atoms with Crippen LogP contribution in [-0.4, -0.2) is 8.42 Å². The van der Waals surface area contributed by atoms with Crippen molar-refractivity contribution in [1.29, 1.82) is 0 Å². The van der Waals surface area contributed by atoms with Crippen molar-refractivity contribution in [1.82, 2.24) is 0 Å². The van der Waals surface area contributed by atoms with Crippen LogP contribution in [0.1, 0.15) is 5.56 Å². The monoisotopic (exact) mass is 311 g/mol. The van der Waals surface area contributed by atoms with Gasteiger partial charge < -0.3 is 11.1 Å². The Balaban J connectivity index is 2.38. The molecule has 0 aliphatic heterocycles. The zero-order valence-electron chi connectivity index (χ0n) is 10.7. The molecule has 0 saturated carbocycles. The van der Waals surface area contributed by atoms with Crippen molar-refractivity contribution in [3.63, 3.8) is 0 Å². The van der Waals surface area contributed by atoms with E-state index in [1.54, 1.807) is 12.1 Å². The summed E-state index contributed by atoms with van der Waals surface area (Å²) in [6, 6.07) is 9.73. The third-order valence-electron chi connectivity index (χ3n) is 2.89. The van der Waals surface area contributed by atoms with E-state index in [0.717, 1.165) is 11.3 Å². The third-order valence-corrected chi connectivity index (χ3v) is 4.21. The van der Waals surface area contributed by atoms with Gasteiger partial charge in [-0.05, 0) is 42.8 Å².